The van der Waals surface area contributed by atoms with Crippen molar-refractivity contribution in [2.75, 3.05) is 13.4 Å². The first-order valence-corrected chi connectivity index (χ1v) is 7.94. The lowest BCUT2D eigenvalue weighted by Gasteiger charge is -2.18. The van der Waals surface area contributed by atoms with E-state index in [-0.39, 0.29) is 0 Å². The summed E-state index contributed by atoms with van der Waals surface area (Å²) in [6.07, 6.45) is 1.08. The molecule has 2 aromatic rings. The summed E-state index contributed by atoms with van der Waals surface area (Å²) in [5.74, 6) is -0.0925. The average molecular weight is 357 g/mol. The first kappa shape index (κ1) is 15.4. The van der Waals surface area contributed by atoms with Crippen LogP contribution in [0.1, 0.15) is 17.2 Å². The monoisotopic (exact) mass is 356 g/mol. The highest BCUT2D eigenvalue weighted by Crippen LogP contribution is 2.36. The SMILES string of the molecule is COc1cc(F)c(Br)cc1C(O)c1ccccc1SC. The van der Waals surface area contributed by atoms with Crippen LogP contribution in [0.5, 0.6) is 5.75 Å². The number of aliphatic hydroxyl groups excluding tert-OH is 1. The number of halogens is 2. The molecule has 1 unspecified atom stereocenters. The minimum atomic E-state index is -0.870. The van der Waals surface area contributed by atoms with Crippen molar-refractivity contribution >= 4 is 27.7 Å². The lowest BCUT2D eigenvalue weighted by molar-refractivity contribution is 0.211. The van der Waals surface area contributed by atoms with Gasteiger partial charge in [0.1, 0.15) is 17.7 Å². The molecule has 0 saturated carbocycles. The second-order valence-electron chi connectivity index (χ2n) is 4.15. The first-order valence-electron chi connectivity index (χ1n) is 5.92. The van der Waals surface area contributed by atoms with Gasteiger partial charge in [-0.1, -0.05) is 18.2 Å². The van der Waals surface area contributed by atoms with Crippen molar-refractivity contribution in [1.29, 1.82) is 0 Å². The van der Waals surface area contributed by atoms with Gasteiger partial charge in [0.15, 0.2) is 0 Å². The van der Waals surface area contributed by atoms with Crippen LogP contribution in [0.3, 0.4) is 0 Å². The van der Waals surface area contributed by atoms with Crippen molar-refractivity contribution in [2.45, 2.75) is 11.0 Å². The maximum Gasteiger partial charge on any atom is 0.141 e. The van der Waals surface area contributed by atoms with Gasteiger partial charge in [0.2, 0.25) is 0 Å². The molecule has 0 bridgehead atoms. The van der Waals surface area contributed by atoms with E-state index < -0.39 is 11.9 Å². The second-order valence-corrected chi connectivity index (χ2v) is 5.86. The molecular weight excluding hydrogens is 343 g/mol. The molecule has 0 aliphatic rings. The maximum atomic E-state index is 13.5. The molecule has 20 heavy (non-hydrogen) atoms. The summed E-state index contributed by atoms with van der Waals surface area (Å²) in [7, 11) is 1.46. The molecule has 2 nitrogen and oxygen atoms in total. The summed E-state index contributed by atoms with van der Waals surface area (Å²) in [4.78, 5) is 0.975. The highest BCUT2D eigenvalue weighted by atomic mass is 79.9. The highest BCUT2D eigenvalue weighted by molar-refractivity contribution is 9.10. The third-order valence-electron chi connectivity index (χ3n) is 3.00. The zero-order chi connectivity index (χ0) is 14.7. The Labute approximate surface area is 130 Å². The summed E-state index contributed by atoms with van der Waals surface area (Å²) >= 11 is 4.69. The number of hydrogen-bond donors (Lipinski definition) is 1. The van der Waals surface area contributed by atoms with E-state index >= 15 is 0 Å². The second kappa shape index (κ2) is 6.61. The quantitative estimate of drug-likeness (QED) is 0.823. The van der Waals surface area contributed by atoms with Crippen molar-refractivity contribution in [2.24, 2.45) is 0 Å². The van der Waals surface area contributed by atoms with E-state index in [4.69, 9.17) is 4.74 Å². The summed E-state index contributed by atoms with van der Waals surface area (Å²) in [6.45, 7) is 0. The van der Waals surface area contributed by atoms with Gasteiger partial charge in [-0.15, -0.1) is 11.8 Å². The zero-order valence-electron chi connectivity index (χ0n) is 11.1. The number of benzene rings is 2. The maximum absolute atomic E-state index is 13.5. The van der Waals surface area contributed by atoms with Crippen molar-refractivity contribution < 1.29 is 14.2 Å². The predicted octanol–water partition coefficient (Wildman–Crippen LogP) is 4.40. The van der Waals surface area contributed by atoms with Crippen molar-refractivity contribution in [3.63, 3.8) is 0 Å². The standard InChI is InChI=1S/C15H14BrFO2S/c1-19-13-8-12(17)11(16)7-10(13)15(18)9-5-3-4-6-14(9)20-2/h3-8,15,18H,1-2H3. The Morgan fingerprint density at radius 2 is 1.95 bits per heavy atom. The van der Waals surface area contributed by atoms with Crippen molar-refractivity contribution in [1.82, 2.24) is 0 Å². The first-order chi connectivity index (χ1) is 9.58. The molecule has 106 valence electrons. The van der Waals surface area contributed by atoms with Crippen LogP contribution in [-0.4, -0.2) is 18.5 Å². The van der Waals surface area contributed by atoms with Gasteiger partial charge in [0, 0.05) is 16.5 Å². The Kier molecular flexibility index (Phi) is 5.07. The average Bonchev–Trinajstić information content (AvgIpc) is 2.48. The Bertz CT molecular complexity index is 619. The Morgan fingerprint density at radius 1 is 1.25 bits per heavy atom. The number of thioether (sulfide) groups is 1. The van der Waals surface area contributed by atoms with Crippen LogP contribution in [0.15, 0.2) is 45.8 Å². The largest absolute Gasteiger partial charge is 0.496 e. The van der Waals surface area contributed by atoms with E-state index in [1.165, 1.54) is 13.2 Å². The molecule has 5 heteroatoms. The minimum Gasteiger partial charge on any atom is -0.496 e. The smallest absolute Gasteiger partial charge is 0.141 e. The van der Waals surface area contributed by atoms with Gasteiger partial charge in [-0.05, 0) is 39.9 Å². The van der Waals surface area contributed by atoms with Gasteiger partial charge in [0.25, 0.3) is 0 Å². The van der Waals surface area contributed by atoms with Crippen LogP contribution in [0.25, 0.3) is 0 Å². The number of ether oxygens (including phenoxy) is 1. The molecular formula is C15H14BrFO2S. The van der Waals surface area contributed by atoms with Gasteiger partial charge in [-0.25, -0.2) is 4.39 Å². The van der Waals surface area contributed by atoms with Gasteiger partial charge >= 0.3 is 0 Å². The molecule has 0 aliphatic heterocycles. The van der Waals surface area contributed by atoms with E-state index in [1.54, 1.807) is 17.8 Å². The summed E-state index contributed by atoms with van der Waals surface area (Å²) < 4.78 is 19.0. The van der Waals surface area contributed by atoms with E-state index in [0.29, 0.717) is 15.8 Å². The molecule has 0 amide bonds. The molecule has 2 rings (SSSR count). The fourth-order valence-electron chi connectivity index (χ4n) is 1.99. The molecule has 0 radical (unpaired) electrons. The summed E-state index contributed by atoms with van der Waals surface area (Å²) in [5, 5.41) is 10.6. The summed E-state index contributed by atoms with van der Waals surface area (Å²) in [6, 6.07) is 10.4. The predicted molar refractivity (Wildman–Crippen MR) is 82.9 cm³/mol. The molecule has 0 saturated heterocycles. The summed E-state index contributed by atoms with van der Waals surface area (Å²) in [5.41, 5.74) is 1.30. The van der Waals surface area contributed by atoms with E-state index in [0.717, 1.165) is 10.5 Å². The Hall–Kier alpha value is -1.04. The van der Waals surface area contributed by atoms with Gasteiger partial charge in [-0.2, -0.15) is 0 Å². The molecule has 0 aromatic heterocycles. The fraction of sp³-hybridized carbons (Fsp3) is 0.200. The number of aliphatic hydroxyl groups is 1. The lowest BCUT2D eigenvalue weighted by Crippen LogP contribution is -2.04. The number of hydrogen-bond acceptors (Lipinski definition) is 3. The van der Waals surface area contributed by atoms with Crippen LogP contribution in [0.2, 0.25) is 0 Å². The van der Waals surface area contributed by atoms with Gasteiger partial charge in [-0.3, -0.25) is 0 Å². The molecule has 0 aliphatic carbocycles. The van der Waals surface area contributed by atoms with E-state index in [1.807, 2.05) is 30.5 Å². The Morgan fingerprint density at radius 3 is 2.60 bits per heavy atom. The zero-order valence-corrected chi connectivity index (χ0v) is 13.5. The van der Waals surface area contributed by atoms with Crippen LogP contribution in [-0.2, 0) is 0 Å². The molecule has 2 aromatic carbocycles. The molecule has 1 N–H and O–H groups in total. The highest BCUT2D eigenvalue weighted by Gasteiger charge is 2.20. The van der Waals surface area contributed by atoms with Crippen molar-refractivity contribution in [3.8, 4) is 5.75 Å². The molecule has 1 atom stereocenters. The van der Waals surface area contributed by atoms with Gasteiger partial charge < -0.3 is 9.84 Å². The fourth-order valence-corrected chi connectivity index (χ4v) is 2.99. The molecule has 0 heterocycles. The molecule has 0 spiro atoms. The number of rotatable bonds is 4. The molecule has 0 fully saturated rings. The number of methoxy groups -OCH3 is 1. The third-order valence-corrected chi connectivity index (χ3v) is 4.42. The van der Waals surface area contributed by atoms with Crippen LogP contribution < -0.4 is 4.74 Å². The van der Waals surface area contributed by atoms with E-state index in [2.05, 4.69) is 15.9 Å². The normalized spacial score (nSPS) is 12.2. The van der Waals surface area contributed by atoms with Crippen molar-refractivity contribution in [3.05, 3.63) is 57.8 Å². The van der Waals surface area contributed by atoms with Gasteiger partial charge in [0.05, 0.1) is 11.6 Å². The van der Waals surface area contributed by atoms with E-state index in [9.17, 15) is 9.50 Å². The Balaban J connectivity index is 2.52. The third kappa shape index (κ3) is 3.00. The van der Waals surface area contributed by atoms with Crippen LogP contribution in [0.4, 0.5) is 4.39 Å². The van der Waals surface area contributed by atoms with Crippen LogP contribution >= 0.6 is 27.7 Å². The van der Waals surface area contributed by atoms with Crippen LogP contribution in [0, 0.1) is 5.82 Å². The minimum absolute atomic E-state index is 0.300. The topological polar surface area (TPSA) is 29.5 Å². The lowest BCUT2D eigenvalue weighted by atomic mass is 10.0.